The molecule has 1 fully saturated rings. The maximum absolute atomic E-state index is 12.5. The van der Waals surface area contributed by atoms with Crippen molar-refractivity contribution in [2.75, 3.05) is 13.1 Å². The second-order valence-corrected chi connectivity index (χ2v) is 7.17. The lowest BCUT2D eigenvalue weighted by Crippen LogP contribution is -2.47. The van der Waals surface area contributed by atoms with Crippen LogP contribution >= 0.6 is 15.9 Å². The number of rotatable bonds is 4. The lowest BCUT2D eigenvalue weighted by molar-refractivity contribution is -0.122. The van der Waals surface area contributed by atoms with Crippen LogP contribution in [-0.4, -0.2) is 44.4 Å². The Morgan fingerprint density at radius 1 is 1.50 bits per heavy atom. The van der Waals surface area contributed by atoms with Crippen LogP contribution in [0.4, 0.5) is 0 Å². The minimum atomic E-state index is -0.419. The zero-order valence-electron chi connectivity index (χ0n) is 13.8. The Morgan fingerprint density at radius 2 is 2.29 bits per heavy atom. The Kier molecular flexibility index (Phi) is 5.00. The minimum Gasteiger partial charge on any atom is -0.350 e. The summed E-state index contributed by atoms with van der Waals surface area (Å²) in [6.45, 7) is 5.62. The summed E-state index contributed by atoms with van der Waals surface area (Å²) in [7, 11) is 0. The van der Waals surface area contributed by atoms with Gasteiger partial charge in [-0.1, -0.05) is 13.8 Å². The fourth-order valence-corrected chi connectivity index (χ4v) is 3.29. The molecule has 0 radical (unpaired) electrons. The number of hydrogen-bond acceptors (Lipinski definition) is 5. The van der Waals surface area contributed by atoms with Crippen molar-refractivity contribution < 1.29 is 4.79 Å². The standard InChI is InChI=1S/C15H21BrN6O2/c1-9(2)14-11-6-12(16)19-22(11)15(24)21(20-14)8-13(23)18-10-4-3-5-17-7-10/h6,9-10,17H,3-5,7-8H2,1-2H3,(H,18,23)/t10-/m1/s1. The van der Waals surface area contributed by atoms with Crippen molar-refractivity contribution in [2.24, 2.45) is 0 Å². The van der Waals surface area contributed by atoms with Gasteiger partial charge in [0, 0.05) is 18.7 Å². The number of hydrogen-bond donors (Lipinski definition) is 2. The van der Waals surface area contributed by atoms with Gasteiger partial charge in [-0.15, -0.1) is 0 Å². The molecular formula is C15H21BrN6O2. The summed E-state index contributed by atoms with van der Waals surface area (Å²) in [5.74, 6) is -0.105. The van der Waals surface area contributed by atoms with Gasteiger partial charge in [-0.25, -0.2) is 9.48 Å². The molecule has 1 atom stereocenters. The van der Waals surface area contributed by atoms with Gasteiger partial charge in [0.15, 0.2) is 0 Å². The molecule has 1 aliphatic rings. The number of nitrogens with zero attached hydrogens (tertiary/aromatic N) is 4. The molecule has 2 aromatic heterocycles. The van der Waals surface area contributed by atoms with Gasteiger partial charge in [0.2, 0.25) is 5.91 Å². The SMILES string of the molecule is CC(C)c1nn(CC(=O)N[C@@H]2CCCNC2)c(=O)n2nc(Br)cc12. The van der Waals surface area contributed by atoms with E-state index >= 15 is 0 Å². The minimum absolute atomic E-state index is 0.105. The van der Waals surface area contributed by atoms with Gasteiger partial charge in [-0.3, -0.25) is 4.79 Å². The van der Waals surface area contributed by atoms with Crippen LogP contribution in [0.3, 0.4) is 0 Å². The molecule has 0 bridgehead atoms. The first-order valence-corrected chi connectivity index (χ1v) is 8.91. The van der Waals surface area contributed by atoms with Gasteiger partial charge < -0.3 is 10.6 Å². The van der Waals surface area contributed by atoms with Crippen molar-refractivity contribution in [1.82, 2.24) is 30.0 Å². The van der Waals surface area contributed by atoms with Crippen molar-refractivity contribution in [3.63, 3.8) is 0 Å². The molecule has 0 aliphatic carbocycles. The third-order valence-corrected chi connectivity index (χ3v) is 4.46. The second kappa shape index (κ2) is 7.02. The topological polar surface area (TPSA) is 93.3 Å². The highest BCUT2D eigenvalue weighted by molar-refractivity contribution is 9.10. The molecule has 3 heterocycles. The summed E-state index contributed by atoms with van der Waals surface area (Å²) in [4.78, 5) is 24.8. The molecule has 8 nitrogen and oxygen atoms in total. The van der Waals surface area contributed by atoms with Gasteiger partial charge in [-0.2, -0.15) is 14.7 Å². The molecule has 1 amide bonds. The molecule has 24 heavy (non-hydrogen) atoms. The number of carbonyl (C=O) groups is 1. The van der Waals surface area contributed by atoms with Gasteiger partial charge in [0.25, 0.3) is 0 Å². The van der Waals surface area contributed by atoms with Crippen LogP contribution in [0.1, 0.15) is 38.3 Å². The maximum atomic E-state index is 12.5. The van der Waals surface area contributed by atoms with Crippen LogP contribution in [0.5, 0.6) is 0 Å². The molecule has 1 saturated heterocycles. The van der Waals surface area contributed by atoms with Crippen LogP contribution < -0.4 is 16.3 Å². The Balaban J connectivity index is 1.87. The number of fused-ring (bicyclic) bond motifs is 1. The van der Waals surface area contributed by atoms with E-state index in [0.29, 0.717) is 10.1 Å². The first-order valence-electron chi connectivity index (χ1n) is 8.12. The molecule has 0 unspecified atom stereocenters. The predicted molar refractivity (Wildman–Crippen MR) is 93.1 cm³/mol. The lowest BCUT2D eigenvalue weighted by atomic mass is 10.1. The summed E-state index contributed by atoms with van der Waals surface area (Å²) in [5, 5.41) is 14.8. The second-order valence-electron chi connectivity index (χ2n) is 6.36. The largest absolute Gasteiger partial charge is 0.366 e. The van der Waals surface area contributed by atoms with Crippen molar-refractivity contribution in [3.05, 3.63) is 26.8 Å². The molecule has 2 aromatic rings. The van der Waals surface area contributed by atoms with E-state index in [9.17, 15) is 9.59 Å². The smallest absolute Gasteiger partial charge is 0.350 e. The first-order chi connectivity index (χ1) is 11.5. The lowest BCUT2D eigenvalue weighted by Gasteiger charge is -2.23. The van der Waals surface area contributed by atoms with Gasteiger partial charge in [0.05, 0.1) is 11.2 Å². The molecule has 0 saturated carbocycles. The van der Waals surface area contributed by atoms with E-state index in [1.54, 1.807) is 6.07 Å². The molecule has 2 N–H and O–H groups in total. The quantitative estimate of drug-likeness (QED) is 0.790. The third-order valence-electron chi connectivity index (χ3n) is 4.07. The normalized spacial score (nSPS) is 18.2. The van der Waals surface area contributed by atoms with Gasteiger partial charge in [-0.05, 0) is 41.2 Å². The third kappa shape index (κ3) is 3.51. The summed E-state index contributed by atoms with van der Waals surface area (Å²) < 4.78 is 3.05. The van der Waals surface area contributed by atoms with Gasteiger partial charge in [0.1, 0.15) is 11.1 Å². The molecule has 0 aromatic carbocycles. The van der Waals surface area contributed by atoms with Crippen LogP contribution in [0, 0.1) is 0 Å². The van der Waals surface area contributed by atoms with Crippen LogP contribution in [0.15, 0.2) is 15.5 Å². The first kappa shape index (κ1) is 17.1. The highest BCUT2D eigenvalue weighted by Gasteiger charge is 2.19. The van der Waals surface area contributed by atoms with E-state index < -0.39 is 5.69 Å². The molecular weight excluding hydrogens is 376 g/mol. The Hall–Kier alpha value is -1.74. The predicted octanol–water partition coefficient (Wildman–Crippen LogP) is 0.645. The summed E-state index contributed by atoms with van der Waals surface area (Å²) in [5.41, 5.74) is 0.979. The van der Waals surface area contributed by atoms with E-state index in [0.717, 1.165) is 31.6 Å². The number of halogens is 1. The molecule has 9 heteroatoms. The van der Waals surface area contributed by atoms with E-state index in [-0.39, 0.29) is 24.4 Å². The monoisotopic (exact) mass is 396 g/mol. The summed E-state index contributed by atoms with van der Waals surface area (Å²) in [6.07, 6.45) is 1.98. The fraction of sp³-hybridized carbons (Fsp3) is 0.600. The van der Waals surface area contributed by atoms with E-state index in [1.165, 1.54) is 9.20 Å². The fourth-order valence-electron chi connectivity index (χ4n) is 2.91. The van der Waals surface area contributed by atoms with E-state index in [2.05, 4.69) is 36.8 Å². The number of piperidine rings is 1. The zero-order chi connectivity index (χ0) is 17.3. The Labute approximate surface area is 147 Å². The Morgan fingerprint density at radius 3 is 2.96 bits per heavy atom. The molecule has 0 spiro atoms. The van der Waals surface area contributed by atoms with E-state index in [1.807, 2.05) is 13.8 Å². The van der Waals surface area contributed by atoms with Crippen LogP contribution in [0.25, 0.3) is 5.52 Å². The number of aromatic nitrogens is 4. The van der Waals surface area contributed by atoms with E-state index in [4.69, 9.17) is 0 Å². The molecule has 3 rings (SSSR count). The number of amides is 1. The van der Waals surface area contributed by atoms with Gasteiger partial charge >= 0.3 is 5.69 Å². The number of nitrogens with one attached hydrogen (secondary N) is 2. The van der Waals surface area contributed by atoms with Crippen molar-refractivity contribution in [1.29, 1.82) is 0 Å². The Bertz CT molecular complexity index is 806. The van der Waals surface area contributed by atoms with Crippen molar-refractivity contribution >= 4 is 27.4 Å². The van der Waals surface area contributed by atoms with Crippen LogP contribution in [0.2, 0.25) is 0 Å². The highest BCUT2D eigenvalue weighted by atomic mass is 79.9. The maximum Gasteiger partial charge on any atom is 0.366 e. The average molecular weight is 397 g/mol. The molecule has 130 valence electrons. The van der Waals surface area contributed by atoms with Crippen molar-refractivity contribution in [2.45, 2.75) is 45.2 Å². The zero-order valence-corrected chi connectivity index (χ0v) is 15.3. The highest BCUT2D eigenvalue weighted by Crippen LogP contribution is 2.19. The average Bonchev–Trinajstić information content (AvgIpc) is 2.92. The number of carbonyl (C=O) groups excluding carboxylic acids is 1. The van der Waals surface area contributed by atoms with Crippen molar-refractivity contribution in [3.8, 4) is 0 Å². The molecule has 1 aliphatic heterocycles. The summed E-state index contributed by atoms with van der Waals surface area (Å²) >= 11 is 3.29. The van der Waals surface area contributed by atoms with Crippen LogP contribution in [-0.2, 0) is 11.3 Å². The summed E-state index contributed by atoms with van der Waals surface area (Å²) in [6, 6.07) is 1.87.